The number of carboxylic acids is 2. The topological polar surface area (TPSA) is 93.1 Å². The lowest BCUT2D eigenvalue weighted by molar-refractivity contribution is -0.147. The fraction of sp³-hybridized carbons (Fsp3) is 0.417. The number of hydrogen-bond acceptors (Lipinski definition) is 4. The molecule has 30 heavy (non-hydrogen) atoms. The zero-order valence-electron chi connectivity index (χ0n) is 17.1. The molecule has 2 unspecified atom stereocenters. The zero-order valence-corrected chi connectivity index (χ0v) is 17.1. The Morgan fingerprint density at radius 3 is 1.90 bits per heavy atom. The second-order valence-electron chi connectivity index (χ2n) is 7.23. The number of rotatable bonds is 15. The van der Waals surface area contributed by atoms with E-state index in [1.165, 1.54) is 0 Å². The molecule has 2 aromatic rings. The Bertz CT molecular complexity index is 747. The van der Waals surface area contributed by atoms with Gasteiger partial charge in [-0.05, 0) is 49.9 Å². The van der Waals surface area contributed by atoms with E-state index in [2.05, 4.69) is 0 Å². The molecule has 2 N–H and O–H groups in total. The maximum Gasteiger partial charge on any atom is 0.344 e. The van der Waals surface area contributed by atoms with Gasteiger partial charge in [0.25, 0.3) is 0 Å². The first-order valence-electron chi connectivity index (χ1n) is 10.4. The van der Waals surface area contributed by atoms with Gasteiger partial charge in [-0.25, -0.2) is 4.79 Å². The minimum Gasteiger partial charge on any atom is -0.494 e. The smallest absolute Gasteiger partial charge is 0.344 e. The summed E-state index contributed by atoms with van der Waals surface area (Å²) in [5, 5.41) is 18.9. The minimum absolute atomic E-state index is 0.159. The Hall–Kier alpha value is -3.02. The van der Waals surface area contributed by atoms with Crippen LogP contribution in [0.5, 0.6) is 11.5 Å². The molecule has 0 bridgehead atoms. The summed E-state index contributed by atoms with van der Waals surface area (Å²) in [4.78, 5) is 23.0. The van der Waals surface area contributed by atoms with Crippen LogP contribution in [0.2, 0.25) is 0 Å². The highest BCUT2D eigenvalue weighted by atomic mass is 16.5. The van der Waals surface area contributed by atoms with Crippen molar-refractivity contribution in [3.8, 4) is 11.5 Å². The highest BCUT2D eigenvalue weighted by molar-refractivity contribution is 5.73. The summed E-state index contributed by atoms with van der Waals surface area (Å²) in [5.41, 5.74) is 0. The Morgan fingerprint density at radius 1 is 0.700 bits per heavy atom. The van der Waals surface area contributed by atoms with Gasteiger partial charge >= 0.3 is 11.9 Å². The normalized spacial score (nSPS) is 12.7. The number of carbonyl (C=O) groups is 2. The molecule has 2 rings (SSSR count). The van der Waals surface area contributed by atoms with Crippen LogP contribution in [0.15, 0.2) is 60.7 Å². The van der Waals surface area contributed by atoms with Crippen molar-refractivity contribution in [3.63, 3.8) is 0 Å². The third-order valence-corrected chi connectivity index (χ3v) is 4.88. The lowest BCUT2D eigenvalue weighted by Crippen LogP contribution is -2.28. The first-order valence-corrected chi connectivity index (χ1v) is 10.4. The number of ether oxygens (including phenoxy) is 2. The molecule has 0 aliphatic heterocycles. The van der Waals surface area contributed by atoms with Crippen molar-refractivity contribution in [2.45, 2.75) is 51.0 Å². The van der Waals surface area contributed by atoms with Crippen LogP contribution in [0.1, 0.15) is 44.9 Å². The first kappa shape index (κ1) is 23.3. The zero-order chi connectivity index (χ0) is 21.6. The van der Waals surface area contributed by atoms with E-state index in [0.29, 0.717) is 18.8 Å². The van der Waals surface area contributed by atoms with Crippen LogP contribution < -0.4 is 9.47 Å². The molecule has 0 radical (unpaired) electrons. The van der Waals surface area contributed by atoms with Gasteiger partial charge in [-0.1, -0.05) is 55.7 Å². The van der Waals surface area contributed by atoms with Crippen LogP contribution in [0.3, 0.4) is 0 Å². The van der Waals surface area contributed by atoms with Gasteiger partial charge in [0.05, 0.1) is 12.5 Å². The summed E-state index contributed by atoms with van der Waals surface area (Å²) in [6.07, 6.45) is 3.51. The lowest BCUT2D eigenvalue weighted by atomic mass is 9.94. The standard InChI is InChI=1S/C24H30O6/c25-23(26)19(11-5-1-2-10-18-29-20-12-6-3-7-13-20)16-17-22(24(27)28)30-21-14-8-4-9-15-21/h3-4,6-9,12-15,19,22H,1-2,5,10-11,16-18H2,(H,25,26)(H,27,28). The van der Waals surface area contributed by atoms with Crippen LogP contribution in [0.4, 0.5) is 0 Å². The molecule has 0 aliphatic carbocycles. The summed E-state index contributed by atoms with van der Waals surface area (Å²) in [7, 11) is 0. The number of aliphatic carboxylic acids is 2. The van der Waals surface area contributed by atoms with Crippen LogP contribution in [-0.4, -0.2) is 34.9 Å². The molecular weight excluding hydrogens is 384 g/mol. The van der Waals surface area contributed by atoms with E-state index >= 15 is 0 Å². The molecule has 0 fully saturated rings. The van der Waals surface area contributed by atoms with Gasteiger partial charge in [0.2, 0.25) is 0 Å². The number of unbranched alkanes of at least 4 members (excludes halogenated alkanes) is 3. The molecule has 2 aromatic carbocycles. The Kier molecular flexibility index (Phi) is 10.3. The first-order chi connectivity index (χ1) is 14.6. The average molecular weight is 414 g/mol. The fourth-order valence-corrected chi connectivity index (χ4v) is 3.19. The molecule has 0 heterocycles. The van der Waals surface area contributed by atoms with Crippen molar-refractivity contribution in [3.05, 3.63) is 60.7 Å². The van der Waals surface area contributed by atoms with Crippen molar-refractivity contribution in [1.82, 2.24) is 0 Å². The van der Waals surface area contributed by atoms with Crippen LogP contribution in [-0.2, 0) is 9.59 Å². The van der Waals surface area contributed by atoms with Crippen molar-refractivity contribution >= 4 is 11.9 Å². The molecule has 6 nitrogen and oxygen atoms in total. The number of hydrogen-bond donors (Lipinski definition) is 2. The molecule has 0 aromatic heterocycles. The third-order valence-electron chi connectivity index (χ3n) is 4.88. The van der Waals surface area contributed by atoms with Gasteiger partial charge in [-0.15, -0.1) is 0 Å². The quantitative estimate of drug-likeness (QED) is 0.397. The lowest BCUT2D eigenvalue weighted by Gasteiger charge is -2.18. The van der Waals surface area contributed by atoms with Gasteiger partial charge in [-0.2, -0.15) is 0 Å². The molecule has 0 amide bonds. The molecular formula is C24H30O6. The highest BCUT2D eigenvalue weighted by Gasteiger charge is 2.24. The highest BCUT2D eigenvalue weighted by Crippen LogP contribution is 2.21. The van der Waals surface area contributed by atoms with Crippen LogP contribution in [0.25, 0.3) is 0 Å². The Balaban J connectivity index is 1.65. The number of para-hydroxylation sites is 2. The van der Waals surface area contributed by atoms with E-state index in [-0.39, 0.29) is 12.8 Å². The molecule has 6 heteroatoms. The van der Waals surface area contributed by atoms with Gasteiger partial charge in [0.15, 0.2) is 6.10 Å². The molecule has 0 saturated carbocycles. The van der Waals surface area contributed by atoms with Crippen molar-refractivity contribution < 1.29 is 29.3 Å². The van der Waals surface area contributed by atoms with Gasteiger partial charge in [-0.3, -0.25) is 4.79 Å². The van der Waals surface area contributed by atoms with Crippen molar-refractivity contribution in [1.29, 1.82) is 0 Å². The molecule has 2 atom stereocenters. The Labute approximate surface area is 177 Å². The van der Waals surface area contributed by atoms with E-state index < -0.39 is 24.0 Å². The summed E-state index contributed by atoms with van der Waals surface area (Å²) in [6.45, 7) is 0.642. The summed E-state index contributed by atoms with van der Waals surface area (Å²) in [6, 6.07) is 18.4. The maximum atomic E-state index is 11.6. The van der Waals surface area contributed by atoms with E-state index in [1.54, 1.807) is 24.3 Å². The summed E-state index contributed by atoms with van der Waals surface area (Å²) >= 11 is 0. The predicted molar refractivity (Wildman–Crippen MR) is 114 cm³/mol. The number of carboxylic acid groups (broad SMARTS) is 2. The maximum absolute atomic E-state index is 11.6. The predicted octanol–water partition coefficient (Wildman–Crippen LogP) is 5.03. The fourth-order valence-electron chi connectivity index (χ4n) is 3.19. The summed E-state index contributed by atoms with van der Waals surface area (Å²) < 4.78 is 11.2. The van der Waals surface area contributed by atoms with Crippen molar-refractivity contribution in [2.75, 3.05) is 6.61 Å². The summed E-state index contributed by atoms with van der Waals surface area (Å²) in [5.74, 6) is -1.21. The third kappa shape index (κ3) is 8.99. The van der Waals surface area contributed by atoms with Gasteiger partial charge < -0.3 is 19.7 Å². The van der Waals surface area contributed by atoms with Gasteiger partial charge in [0, 0.05) is 0 Å². The van der Waals surface area contributed by atoms with Gasteiger partial charge in [0.1, 0.15) is 11.5 Å². The van der Waals surface area contributed by atoms with E-state index in [0.717, 1.165) is 31.4 Å². The second-order valence-corrected chi connectivity index (χ2v) is 7.23. The monoisotopic (exact) mass is 414 g/mol. The molecule has 0 saturated heterocycles. The van der Waals surface area contributed by atoms with Crippen LogP contribution in [0, 0.1) is 5.92 Å². The minimum atomic E-state index is -1.08. The molecule has 0 spiro atoms. The SMILES string of the molecule is O=C(O)C(CCCCCCOc1ccccc1)CCC(Oc1ccccc1)C(=O)O. The largest absolute Gasteiger partial charge is 0.494 e. The van der Waals surface area contributed by atoms with Crippen LogP contribution >= 0.6 is 0 Å². The van der Waals surface area contributed by atoms with E-state index in [1.807, 2.05) is 36.4 Å². The van der Waals surface area contributed by atoms with Crippen molar-refractivity contribution in [2.24, 2.45) is 5.92 Å². The average Bonchev–Trinajstić information content (AvgIpc) is 2.75. The molecule has 0 aliphatic rings. The number of benzene rings is 2. The second kappa shape index (κ2) is 13.2. The Morgan fingerprint density at radius 2 is 1.30 bits per heavy atom. The van der Waals surface area contributed by atoms with E-state index in [4.69, 9.17) is 9.47 Å². The van der Waals surface area contributed by atoms with E-state index in [9.17, 15) is 19.8 Å². The molecule has 162 valence electrons.